The number of amides is 2. The van der Waals surface area contributed by atoms with Gasteiger partial charge in [-0.2, -0.15) is 0 Å². The Morgan fingerprint density at radius 1 is 1.06 bits per heavy atom. The van der Waals surface area contributed by atoms with E-state index in [4.69, 9.17) is 9.47 Å². The summed E-state index contributed by atoms with van der Waals surface area (Å²) in [5, 5.41) is 0. The average Bonchev–Trinajstić information content (AvgIpc) is 3.21. The molecule has 192 valence electrons. The number of ether oxygens (including phenoxy) is 2. The minimum absolute atomic E-state index is 0.0904. The zero-order valence-corrected chi connectivity index (χ0v) is 21.0. The third-order valence-electron chi connectivity index (χ3n) is 8.11. The summed E-state index contributed by atoms with van der Waals surface area (Å²) < 4.78 is 24.9. The molecule has 0 aliphatic carbocycles. The number of halogens is 1. The van der Waals surface area contributed by atoms with Gasteiger partial charge in [0.05, 0.1) is 13.7 Å². The lowest BCUT2D eigenvalue weighted by Crippen LogP contribution is -2.52. The summed E-state index contributed by atoms with van der Waals surface area (Å²) in [6, 6.07) is 12.4. The van der Waals surface area contributed by atoms with Gasteiger partial charge in [0.15, 0.2) is 0 Å². The smallest absolute Gasteiger partial charge is 0.409 e. The fourth-order valence-corrected chi connectivity index (χ4v) is 6.11. The zero-order valence-electron chi connectivity index (χ0n) is 21.0. The Hall–Kier alpha value is -3.13. The van der Waals surface area contributed by atoms with Crippen LogP contribution in [0.25, 0.3) is 0 Å². The van der Waals surface area contributed by atoms with Crippen LogP contribution in [-0.4, -0.2) is 74.3 Å². The van der Waals surface area contributed by atoms with Crippen molar-refractivity contribution in [3.8, 4) is 5.75 Å². The van der Waals surface area contributed by atoms with E-state index in [1.807, 2.05) is 24.0 Å². The summed E-state index contributed by atoms with van der Waals surface area (Å²) in [6.45, 7) is 5.97. The number of hydrogen-bond acceptors (Lipinski definition) is 5. The van der Waals surface area contributed by atoms with Gasteiger partial charge in [-0.05, 0) is 87.7 Å². The molecule has 3 aliphatic heterocycles. The van der Waals surface area contributed by atoms with Crippen molar-refractivity contribution in [3.05, 3.63) is 59.4 Å². The quantitative estimate of drug-likeness (QED) is 0.627. The molecular formula is C28H34FN3O4. The Morgan fingerprint density at radius 3 is 2.50 bits per heavy atom. The van der Waals surface area contributed by atoms with E-state index in [0.717, 1.165) is 50.0 Å². The number of carbonyl (C=O) groups excluding carboxylic acids is 2. The highest BCUT2D eigenvalue weighted by atomic mass is 19.1. The predicted molar refractivity (Wildman–Crippen MR) is 135 cm³/mol. The molecule has 8 heteroatoms. The van der Waals surface area contributed by atoms with Crippen LogP contribution in [0.15, 0.2) is 42.5 Å². The van der Waals surface area contributed by atoms with Crippen LogP contribution < -0.4 is 9.64 Å². The molecule has 2 aromatic rings. The molecule has 2 amide bonds. The van der Waals surface area contributed by atoms with Crippen molar-refractivity contribution < 1.29 is 23.5 Å². The number of hydrogen-bond donors (Lipinski definition) is 0. The average molecular weight is 496 g/mol. The fourth-order valence-electron chi connectivity index (χ4n) is 6.11. The molecule has 2 fully saturated rings. The van der Waals surface area contributed by atoms with Gasteiger partial charge >= 0.3 is 6.09 Å². The minimum atomic E-state index is -0.266. The Kier molecular flexibility index (Phi) is 6.88. The van der Waals surface area contributed by atoms with Gasteiger partial charge in [-0.1, -0.05) is 6.07 Å². The molecule has 0 N–H and O–H groups in total. The second kappa shape index (κ2) is 10.1. The second-order valence-corrected chi connectivity index (χ2v) is 10.0. The largest absolute Gasteiger partial charge is 0.497 e. The van der Waals surface area contributed by atoms with Gasteiger partial charge in [-0.3, -0.25) is 4.79 Å². The number of methoxy groups -OCH3 is 1. The van der Waals surface area contributed by atoms with Crippen LogP contribution in [0.2, 0.25) is 0 Å². The van der Waals surface area contributed by atoms with Crippen LogP contribution in [0.4, 0.5) is 14.9 Å². The van der Waals surface area contributed by atoms with Crippen LogP contribution in [0.3, 0.4) is 0 Å². The topological polar surface area (TPSA) is 62.3 Å². The minimum Gasteiger partial charge on any atom is -0.497 e. The molecule has 36 heavy (non-hydrogen) atoms. The maximum atomic E-state index is 14.4. The van der Waals surface area contributed by atoms with Crippen molar-refractivity contribution in [1.82, 2.24) is 9.80 Å². The summed E-state index contributed by atoms with van der Waals surface area (Å²) >= 11 is 0. The Labute approximate surface area is 211 Å². The van der Waals surface area contributed by atoms with Crippen LogP contribution in [0, 0.1) is 5.82 Å². The van der Waals surface area contributed by atoms with Crippen molar-refractivity contribution >= 4 is 17.7 Å². The van der Waals surface area contributed by atoms with Gasteiger partial charge in [0, 0.05) is 42.3 Å². The molecule has 0 unspecified atom stereocenters. The summed E-state index contributed by atoms with van der Waals surface area (Å²) in [7, 11) is 1.58. The molecule has 5 rings (SSSR count). The van der Waals surface area contributed by atoms with E-state index >= 15 is 0 Å². The lowest BCUT2D eigenvalue weighted by Gasteiger charge is -2.45. The number of piperidine rings is 2. The third-order valence-corrected chi connectivity index (χ3v) is 8.11. The van der Waals surface area contributed by atoms with Crippen LogP contribution in [0.5, 0.6) is 5.75 Å². The molecular weight excluding hydrogens is 461 g/mol. The van der Waals surface area contributed by atoms with E-state index in [0.29, 0.717) is 43.6 Å². The first kappa shape index (κ1) is 24.6. The molecule has 2 saturated heterocycles. The maximum absolute atomic E-state index is 14.4. The van der Waals surface area contributed by atoms with Gasteiger partial charge < -0.3 is 24.2 Å². The molecule has 1 spiro atoms. The van der Waals surface area contributed by atoms with E-state index in [2.05, 4.69) is 4.90 Å². The van der Waals surface area contributed by atoms with Crippen molar-refractivity contribution in [2.75, 3.05) is 51.3 Å². The Balaban J connectivity index is 1.30. The van der Waals surface area contributed by atoms with E-state index in [1.165, 1.54) is 6.07 Å². The number of benzene rings is 2. The molecule has 7 nitrogen and oxygen atoms in total. The summed E-state index contributed by atoms with van der Waals surface area (Å²) in [6.07, 6.45) is 3.36. The van der Waals surface area contributed by atoms with Gasteiger partial charge in [0.25, 0.3) is 5.91 Å². The van der Waals surface area contributed by atoms with E-state index in [9.17, 15) is 14.0 Å². The van der Waals surface area contributed by atoms with E-state index in [-0.39, 0.29) is 23.2 Å². The monoisotopic (exact) mass is 495 g/mol. The Bertz CT molecular complexity index is 1120. The number of fused-ring (bicyclic) bond motifs is 2. The summed E-state index contributed by atoms with van der Waals surface area (Å²) in [5.41, 5.74) is 2.05. The molecule has 3 aliphatic rings. The highest BCUT2D eigenvalue weighted by Gasteiger charge is 2.47. The second-order valence-electron chi connectivity index (χ2n) is 10.0. The number of likely N-dealkylation sites (tertiary alicyclic amines) is 2. The van der Waals surface area contributed by atoms with Crippen molar-refractivity contribution in [3.63, 3.8) is 0 Å². The number of anilines is 1. The zero-order chi connectivity index (χ0) is 25.3. The standard InChI is InChI=1S/C28H34FN3O4/c1-3-36-27(34)31-13-9-22(10-14-31)30-15-11-28(12-16-30)19-32(25-8-7-21(29)18-24(25)28)26(33)20-5-4-6-23(17-20)35-2/h4-8,17-18,22H,3,9-16,19H2,1-2H3. The molecule has 0 saturated carbocycles. The van der Waals surface area contributed by atoms with Crippen molar-refractivity contribution in [2.45, 2.75) is 44.1 Å². The predicted octanol–water partition coefficient (Wildman–Crippen LogP) is 4.45. The van der Waals surface area contributed by atoms with Gasteiger partial charge in [-0.25, -0.2) is 9.18 Å². The maximum Gasteiger partial charge on any atom is 0.409 e. The van der Waals surface area contributed by atoms with E-state index in [1.54, 1.807) is 36.3 Å². The van der Waals surface area contributed by atoms with Crippen LogP contribution in [0.1, 0.15) is 48.5 Å². The summed E-state index contributed by atoms with van der Waals surface area (Å²) in [5.74, 6) is 0.279. The van der Waals surface area contributed by atoms with Gasteiger partial charge in [0.1, 0.15) is 11.6 Å². The van der Waals surface area contributed by atoms with Gasteiger partial charge in [0.2, 0.25) is 0 Å². The van der Waals surface area contributed by atoms with E-state index < -0.39 is 0 Å². The van der Waals surface area contributed by atoms with Crippen molar-refractivity contribution in [2.24, 2.45) is 0 Å². The number of carbonyl (C=O) groups is 2. The normalized spacial score (nSPS) is 19.9. The first-order chi connectivity index (χ1) is 17.4. The molecule has 0 bridgehead atoms. The molecule has 3 heterocycles. The van der Waals surface area contributed by atoms with Gasteiger partial charge in [-0.15, -0.1) is 0 Å². The number of nitrogens with zero attached hydrogens (tertiary/aromatic N) is 3. The lowest BCUT2D eigenvalue weighted by molar-refractivity contribution is 0.0576. The molecule has 0 aromatic heterocycles. The Morgan fingerprint density at radius 2 is 1.81 bits per heavy atom. The first-order valence-corrected chi connectivity index (χ1v) is 12.9. The molecule has 0 radical (unpaired) electrons. The SMILES string of the molecule is CCOC(=O)N1CCC(N2CCC3(CC2)CN(C(=O)c2cccc(OC)c2)c2ccc(F)cc23)CC1. The first-order valence-electron chi connectivity index (χ1n) is 12.9. The van der Waals surface area contributed by atoms with Crippen LogP contribution in [-0.2, 0) is 10.2 Å². The fraction of sp³-hybridized carbons (Fsp3) is 0.500. The molecule has 2 aromatic carbocycles. The number of rotatable bonds is 4. The van der Waals surface area contributed by atoms with Crippen LogP contribution >= 0.6 is 0 Å². The highest BCUT2D eigenvalue weighted by Crippen LogP contribution is 2.48. The molecule has 0 atom stereocenters. The third kappa shape index (κ3) is 4.54. The van der Waals surface area contributed by atoms with Crippen molar-refractivity contribution in [1.29, 1.82) is 0 Å². The summed E-state index contributed by atoms with van der Waals surface area (Å²) in [4.78, 5) is 31.7. The lowest BCUT2D eigenvalue weighted by atomic mass is 9.74. The highest BCUT2D eigenvalue weighted by molar-refractivity contribution is 6.08.